The summed E-state index contributed by atoms with van der Waals surface area (Å²) in [5.74, 6) is 1.30. The molecule has 130 valence electrons. The predicted octanol–water partition coefficient (Wildman–Crippen LogP) is 2.97. The van der Waals surface area contributed by atoms with Gasteiger partial charge in [-0.3, -0.25) is 4.90 Å². The van der Waals surface area contributed by atoms with Crippen LogP contribution >= 0.6 is 0 Å². The van der Waals surface area contributed by atoms with Crippen molar-refractivity contribution < 1.29 is 14.6 Å². The largest absolute Gasteiger partial charge is 0.491 e. The Morgan fingerprint density at radius 1 is 1.26 bits per heavy atom. The highest BCUT2D eigenvalue weighted by Gasteiger charge is 2.24. The van der Waals surface area contributed by atoms with E-state index in [1.165, 1.54) is 11.1 Å². The molecule has 0 aliphatic carbocycles. The molecule has 2 rings (SSSR count). The van der Waals surface area contributed by atoms with Crippen molar-refractivity contribution in [3.63, 3.8) is 0 Å². The first kappa shape index (κ1) is 18.2. The van der Waals surface area contributed by atoms with Gasteiger partial charge in [-0.15, -0.1) is 0 Å². The van der Waals surface area contributed by atoms with E-state index in [4.69, 9.17) is 9.47 Å². The molecule has 4 nitrogen and oxygen atoms in total. The molecule has 0 aromatic heterocycles. The van der Waals surface area contributed by atoms with Gasteiger partial charge in [0.15, 0.2) is 0 Å². The van der Waals surface area contributed by atoms with Crippen LogP contribution in [0.1, 0.15) is 44.7 Å². The average molecular weight is 321 g/mol. The fourth-order valence-electron chi connectivity index (χ4n) is 3.21. The van der Waals surface area contributed by atoms with Gasteiger partial charge >= 0.3 is 0 Å². The monoisotopic (exact) mass is 321 g/mol. The lowest BCUT2D eigenvalue weighted by Crippen LogP contribution is -2.48. The Balaban J connectivity index is 1.89. The summed E-state index contributed by atoms with van der Waals surface area (Å²) in [6.45, 7) is 13.2. The van der Waals surface area contributed by atoms with Crippen LogP contribution in [0.4, 0.5) is 0 Å². The van der Waals surface area contributed by atoms with Gasteiger partial charge in [-0.05, 0) is 43.9 Å². The zero-order chi connectivity index (χ0) is 17.0. The Hall–Kier alpha value is -1.10. The quantitative estimate of drug-likeness (QED) is 0.875. The first-order valence-corrected chi connectivity index (χ1v) is 8.64. The summed E-state index contributed by atoms with van der Waals surface area (Å²) >= 11 is 0. The maximum atomic E-state index is 10.3. The number of benzene rings is 1. The molecule has 0 saturated carbocycles. The van der Waals surface area contributed by atoms with Crippen molar-refractivity contribution >= 4 is 0 Å². The highest BCUT2D eigenvalue weighted by molar-refractivity contribution is 5.39. The highest BCUT2D eigenvalue weighted by Crippen LogP contribution is 2.27. The van der Waals surface area contributed by atoms with E-state index in [-0.39, 0.29) is 12.2 Å². The summed E-state index contributed by atoms with van der Waals surface area (Å²) in [6, 6.07) is 6.28. The number of morpholine rings is 1. The van der Waals surface area contributed by atoms with Crippen molar-refractivity contribution in [3.8, 4) is 5.75 Å². The van der Waals surface area contributed by atoms with Crippen LogP contribution in [0, 0.1) is 6.92 Å². The van der Waals surface area contributed by atoms with Crippen molar-refractivity contribution in [1.82, 2.24) is 4.90 Å². The molecule has 0 radical (unpaired) electrons. The minimum atomic E-state index is -0.493. The number of nitrogens with zero attached hydrogens (tertiary/aromatic N) is 1. The van der Waals surface area contributed by atoms with Gasteiger partial charge in [0.1, 0.15) is 18.5 Å². The maximum Gasteiger partial charge on any atom is 0.123 e. The fourth-order valence-corrected chi connectivity index (χ4v) is 3.21. The lowest BCUT2D eigenvalue weighted by molar-refractivity contribution is -0.0787. The Morgan fingerprint density at radius 2 is 1.91 bits per heavy atom. The number of aryl methyl sites for hydroxylation is 1. The van der Waals surface area contributed by atoms with Crippen LogP contribution < -0.4 is 4.74 Å². The van der Waals surface area contributed by atoms with E-state index in [9.17, 15) is 5.11 Å². The zero-order valence-electron chi connectivity index (χ0n) is 15.1. The van der Waals surface area contributed by atoms with Crippen LogP contribution in [-0.4, -0.2) is 54.6 Å². The number of aliphatic hydroxyl groups is 1. The smallest absolute Gasteiger partial charge is 0.123 e. The van der Waals surface area contributed by atoms with Crippen molar-refractivity contribution in [1.29, 1.82) is 0 Å². The van der Waals surface area contributed by atoms with E-state index in [1.54, 1.807) is 0 Å². The third-order valence-electron chi connectivity index (χ3n) is 4.19. The van der Waals surface area contributed by atoms with Gasteiger partial charge < -0.3 is 14.6 Å². The lowest BCUT2D eigenvalue weighted by Gasteiger charge is -2.36. The van der Waals surface area contributed by atoms with E-state index in [2.05, 4.69) is 57.7 Å². The van der Waals surface area contributed by atoms with Crippen LogP contribution in [0.2, 0.25) is 0 Å². The molecule has 0 unspecified atom stereocenters. The van der Waals surface area contributed by atoms with Crippen LogP contribution in [-0.2, 0) is 4.74 Å². The molecule has 23 heavy (non-hydrogen) atoms. The average Bonchev–Trinajstić information content (AvgIpc) is 2.43. The summed E-state index contributed by atoms with van der Waals surface area (Å²) in [4.78, 5) is 2.26. The molecule has 1 aromatic rings. The standard InChI is InChI=1S/C19H31NO3/c1-13(2)18-7-6-14(3)8-19(18)22-12-17(21)11-20-9-15(4)23-16(5)10-20/h6-8,13,15-17,21H,9-12H2,1-5H3/t15-,16+,17-/m0/s1. The maximum absolute atomic E-state index is 10.3. The van der Waals surface area contributed by atoms with Gasteiger partial charge in [0.2, 0.25) is 0 Å². The van der Waals surface area contributed by atoms with Gasteiger partial charge in [0, 0.05) is 19.6 Å². The molecule has 4 heteroatoms. The summed E-state index contributed by atoms with van der Waals surface area (Å²) < 4.78 is 11.7. The number of ether oxygens (including phenoxy) is 2. The normalized spacial score (nSPS) is 24.0. The summed E-state index contributed by atoms with van der Waals surface area (Å²) in [5.41, 5.74) is 2.37. The first-order valence-electron chi connectivity index (χ1n) is 8.64. The van der Waals surface area contributed by atoms with Crippen LogP contribution in [0.5, 0.6) is 5.75 Å². The predicted molar refractivity (Wildman–Crippen MR) is 93.2 cm³/mol. The Labute approximate surface area is 140 Å². The van der Waals surface area contributed by atoms with Crippen molar-refractivity contribution in [2.75, 3.05) is 26.2 Å². The zero-order valence-corrected chi connectivity index (χ0v) is 15.1. The van der Waals surface area contributed by atoms with E-state index in [1.807, 2.05) is 0 Å². The second-order valence-corrected chi connectivity index (χ2v) is 7.14. The van der Waals surface area contributed by atoms with Gasteiger partial charge in [-0.25, -0.2) is 0 Å². The first-order chi connectivity index (χ1) is 10.8. The third kappa shape index (κ3) is 5.48. The molecule has 1 heterocycles. The molecule has 1 aromatic carbocycles. The number of rotatable bonds is 6. The van der Waals surface area contributed by atoms with Crippen molar-refractivity contribution in [3.05, 3.63) is 29.3 Å². The lowest BCUT2D eigenvalue weighted by atomic mass is 10.0. The van der Waals surface area contributed by atoms with Crippen molar-refractivity contribution in [2.24, 2.45) is 0 Å². The number of hydrogen-bond donors (Lipinski definition) is 1. The number of hydrogen-bond acceptors (Lipinski definition) is 4. The van der Waals surface area contributed by atoms with Gasteiger partial charge in [0.25, 0.3) is 0 Å². The second-order valence-electron chi connectivity index (χ2n) is 7.14. The SMILES string of the molecule is Cc1ccc(C(C)C)c(OC[C@@H](O)CN2C[C@@H](C)O[C@@H](C)C2)c1. The topological polar surface area (TPSA) is 41.9 Å². The Kier molecular flexibility index (Phi) is 6.45. The molecular weight excluding hydrogens is 290 g/mol. The number of aliphatic hydroxyl groups excluding tert-OH is 1. The minimum absolute atomic E-state index is 0.219. The van der Waals surface area contributed by atoms with Crippen molar-refractivity contribution in [2.45, 2.75) is 58.8 Å². The molecule has 1 saturated heterocycles. The van der Waals surface area contributed by atoms with E-state index in [0.717, 1.165) is 18.8 Å². The fraction of sp³-hybridized carbons (Fsp3) is 0.684. The minimum Gasteiger partial charge on any atom is -0.491 e. The molecule has 0 bridgehead atoms. The van der Waals surface area contributed by atoms with E-state index in [0.29, 0.717) is 19.1 Å². The highest BCUT2D eigenvalue weighted by atomic mass is 16.5. The summed E-state index contributed by atoms with van der Waals surface area (Å²) in [7, 11) is 0. The summed E-state index contributed by atoms with van der Waals surface area (Å²) in [6.07, 6.45) is -0.0552. The summed E-state index contributed by atoms with van der Waals surface area (Å²) in [5, 5.41) is 10.3. The van der Waals surface area contributed by atoms with Crippen LogP contribution in [0.25, 0.3) is 0 Å². The van der Waals surface area contributed by atoms with E-state index < -0.39 is 6.10 Å². The molecule has 1 aliphatic rings. The Morgan fingerprint density at radius 3 is 2.52 bits per heavy atom. The van der Waals surface area contributed by atoms with Gasteiger partial charge in [-0.2, -0.15) is 0 Å². The number of β-amino-alcohol motifs (C(OH)–C–C–N with tert-alkyl or cyclic N) is 1. The molecular formula is C19H31NO3. The molecule has 1 N–H and O–H groups in total. The van der Waals surface area contributed by atoms with Gasteiger partial charge in [-0.1, -0.05) is 26.0 Å². The van der Waals surface area contributed by atoms with Crippen LogP contribution in [0.15, 0.2) is 18.2 Å². The molecule has 1 fully saturated rings. The van der Waals surface area contributed by atoms with E-state index >= 15 is 0 Å². The molecule has 3 atom stereocenters. The molecule has 0 spiro atoms. The van der Waals surface area contributed by atoms with Crippen LogP contribution in [0.3, 0.4) is 0 Å². The van der Waals surface area contributed by atoms with Gasteiger partial charge in [0.05, 0.1) is 12.2 Å². The Bertz CT molecular complexity index is 493. The third-order valence-corrected chi connectivity index (χ3v) is 4.19. The molecule has 1 aliphatic heterocycles. The molecule has 0 amide bonds. The second kappa shape index (κ2) is 8.13.